The summed E-state index contributed by atoms with van der Waals surface area (Å²) in [5, 5.41) is 2.09. The van der Waals surface area contributed by atoms with Gasteiger partial charge in [-0.05, 0) is 6.42 Å². The zero-order valence-electron chi connectivity index (χ0n) is 5.46. The molecule has 0 aliphatic rings. The lowest BCUT2D eigenvalue weighted by Gasteiger charge is -2.06. The Bertz CT molecular complexity index is 128. The quantitative estimate of drug-likeness (QED) is 0.569. The van der Waals surface area contributed by atoms with Crippen molar-refractivity contribution in [1.82, 2.24) is 5.32 Å². The van der Waals surface area contributed by atoms with Gasteiger partial charge >= 0.3 is 5.97 Å². The first-order chi connectivity index (χ1) is 4.76. The largest absolute Gasteiger partial charge is 0.370 e. The molecule has 1 N–H and O–H groups in total. The molecule has 0 saturated carbocycles. The van der Waals surface area contributed by atoms with Crippen molar-refractivity contribution in [1.29, 1.82) is 0 Å². The van der Waals surface area contributed by atoms with Crippen LogP contribution in [0.2, 0.25) is 0 Å². The van der Waals surface area contributed by atoms with Crippen molar-refractivity contribution in [2.24, 2.45) is 0 Å². The highest BCUT2D eigenvalue weighted by atomic mass is 19.3. The van der Waals surface area contributed by atoms with E-state index >= 15 is 0 Å². The summed E-state index contributed by atoms with van der Waals surface area (Å²) in [7, 11) is 0. The Morgan fingerprint density at radius 2 is 2.50 bits per heavy atom. The molecule has 0 aromatic carbocycles. The standard InChI is InChI=1S/C5H8FNO3/c1-2-4(7-3-8)5(9)10-6/h3-4H,2H2,1H3,(H,7,8). The van der Waals surface area contributed by atoms with Crippen LogP contribution in [0.15, 0.2) is 0 Å². The summed E-state index contributed by atoms with van der Waals surface area (Å²) in [6.07, 6.45) is 0.632. The molecule has 0 aliphatic heterocycles. The van der Waals surface area contributed by atoms with Gasteiger partial charge in [-0.15, -0.1) is 0 Å². The Kier molecular flexibility index (Phi) is 4.19. The summed E-state index contributed by atoms with van der Waals surface area (Å²) >= 11 is 0. The summed E-state index contributed by atoms with van der Waals surface area (Å²) in [5.74, 6) is -1.07. The molecule has 0 fully saturated rings. The number of carbonyl (C=O) groups is 2. The molecule has 0 bridgehead atoms. The van der Waals surface area contributed by atoms with Gasteiger partial charge in [-0.3, -0.25) is 9.74 Å². The first-order valence-electron chi connectivity index (χ1n) is 2.78. The first-order valence-corrected chi connectivity index (χ1v) is 2.78. The second kappa shape index (κ2) is 4.72. The Balaban J connectivity index is 3.79. The van der Waals surface area contributed by atoms with Crippen LogP contribution < -0.4 is 5.32 Å². The second-order valence-electron chi connectivity index (χ2n) is 1.64. The van der Waals surface area contributed by atoms with Crippen LogP contribution in [0.5, 0.6) is 0 Å². The average Bonchev–Trinajstić information content (AvgIpc) is 1.99. The molecule has 58 valence electrons. The number of rotatable bonds is 4. The topological polar surface area (TPSA) is 55.4 Å². The van der Waals surface area contributed by atoms with E-state index in [2.05, 4.69) is 10.3 Å². The van der Waals surface area contributed by atoms with Crippen molar-refractivity contribution in [3.05, 3.63) is 0 Å². The molecule has 0 spiro atoms. The number of hydrogen-bond acceptors (Lipinski definition) is 3. The minimum atomic E-state index is -1.07. The van der Waals surface area contributed by atoms with Gasteiger partial charge in [0.25, 0.3) is 0 Å². The maximum Gasteiger partial charge on any atom is 0.370 e. The van der Waals surface area contributed by atoms with E-state index in [9.17, 15) is 14.1 Å². The Morgan fingerprint density at radius 3 is 2.80 bits per heavy atom. The van der Waals surface area contributed by atoms with Crippen molar-refractivity contribution in [3.8, 4) is 0 Å². The number of hydrogen-bond donors (Lipinski definition) is 1. The maximum absolute atomic E-state index is 11.1. The zero-order valence-corrected chi connectivity index (χ0v) is 5.46. The molecule has 0 saturated heterocycles. The normalized spacial score (nSPS) is 11.8. The average molecular weight is 149 g/mol. The maximum atomic E-state index is 11.1. The molecule has 10 heavy (non-hydrogen) atoms. The molecule has 1 atom stereocenters. The Labute approximate surface area is 57.3 Å². The molecule has 0 aromatic heterocycles. The zero-order chi connectivity index (χ0) is 7.98. The lowest BCUT2D eigenvalue weighted by atomic mass is 10.2. The van der Waals surface area contributed by atoms with E-state index in [1.54, 1.807) is 6.92 Å². The van der Waals surface area contributed by atoms with E-state index in [4.69, 9.17) is 0 Å². The SMILES string of the molecule is CCC(NC=O)C(=O)OF. The third kappa shape index (κ3) is 2.43. The van der Waals surface area contributed by atoms with Crippen molar-refractivity contribution < 1.29 is 19.1 Å². The summed E-state index contributed by atoms with van der Waals surface area (Å²) in [6, 6.07) is -0.873. The highest BCUT2D eigenvalue weighted by Crippen LogP contribution is 1.93. The van der Waals surface area contributed by atoms with Crippen LogP contribution in [-0.4, -0.2) is 18.4 Å². The van der Waals surface area contributed by atoms with E-state index in [-0.39, 0.29) is 0 Å². The van der Waals surface area contributed by atoms with Gasteiger partial charge < -0.3 is 5.32 Å². The van der Waals surface area contributed by atoms with Gasteiger partial charge in [0.1, 0.15) is 6.04 Å². The van der Waals surface area contributed by atoms with Crippen LogP contribution in [0.3, 0.4) is 0 Å². The van der Waals surface area contributed by atoms with Crippen LogP contribution in [0, 0.1) is 0 Å². The van der Waals surface area contributed by atoms with Crippen LogP contribution in [0.25, 0.3) is 0 Å². The predicted molar refractivity (Wildman–Crippen MR) is 30.5 cm³/mol. The van der Waals surface area contributed by atoms with E-state index in [1.165, 1.54) is 0 Å². The van der Waals surface area contributed by atoms with E-state index < -0.39 is 12.0 Å². The minimum Gasteiger partial charge on any atom is -0.345 e. The molecule has 1 unspecified atom stereocenters. The van der Waals surface area contributed by atoms with Crippen molar-refractivity contribution >= 4 is 12.4 Å². The lowest BCUT2D eigenvalue weighted by molar-refractivity contribution is -0.186. The molecule has 0 radical (unpaired) electrons. The molecule has 0 heterocycles. The van der Waals surface area contributed by atoms with Gasteiger partial charge in [-0.1, -0.05) is 6.92 Å². The highest BCUT2D eigenvalue weighted by molar-refractivity contribution is 5.77. The van der Waals surface area contributed by atoms with Crippen molar-refractivity contribution in [2.45, 2.75) is 19.4 Å². The molecule has 0 rings (SSSR count). The number of amides is 1. The third-order valence-electron chi connectivity index (χ3n) is 1.04. The van der Waals surface area contributed by atoms with Gasteiger partial charge in [-0.25, -0.2) is 4.79 Å². The lowest BCUT2D eigenvalue weighted by Crippen LogP contribution is -2.35. The first kappa shape index (κ1) is 8.87. The summed E-state index contributed by atoms with van der Waals surface area (Å²) in [4.78, 5) is 23.0. The third-order valence-corrected chi connectivity index (χ3v) is 1.04. The van der Waals surface area contributed by atoms with E-state index in [0.717, 1.165) is 0 Å². The molecule has 0 aromatic rings. The molecule has 4 nitrogen and oxygen atoms in total. The summed E-state index contributed by atoms with van der Waals surface area (Å²) < 4.78 is 11.1. The summed E-state index contributed by atoms with van der Waals surface area (Å²) in [6.45, 7) is 1.62. The smallest absolute Gasteiger partial charge is 0.345 e. The number of carbonyl (C=O) groups excluding carboxylic acids is 2. The number of nitrogens with one attached hydrogen (secondary N) is 1. The van der Waals surface area contributed by atoms with Gasteiger partial charge in [0.2, 0.25) is 6.41 Å². The van der Waals surface area contributed by atoms with Gasteiger partial charge in [-0.2, -0.15) is 0 Å². The molecule has 0 aliphatic carbocycles. The molecule has 1 amide bonds. The fourth-order valence-electron chi connectivity index (χ4n) is 0.488. The highest BCUT2D eigenvalue weighted by Gasteiger charge is 2.16. The second-order valence-corrected chi connectivity index (χ2v) is 1.64. The van der Waals surface area contributed by atoms with E-state index in [1.807, 2.05) is 0 Å². The van der Waals surface area contributed by atoms with Crippen molar-refractivity contribution in [3.63, 3.8) is 0 Å². The monoisotopic (exact) mass is 149 g/mol. The van der Waals surface area contributed by atoms with Gasteiger partial charge in [0.05, 0.1) is 0 Å². The predicted octanol–water partition coefficient (Wildman–Crippen LogP) is -0.0613. The molecular formula is C5H8FNO3. The molecular weight excluding hydrogens is 141 g/mol. The Morgan fingerprint density at radius 1 is 1.90 bits per heavy atom. The van der Waals surface area contributed by atoms with Crippen molar-refractivity contribution in [2.75, 3.05) is 0 Å². The van der Waals surface area contributed by atoms with Crippen LogP contribution in [0.1, 0.15) is 13.3 Å². The summed E-state index contributed by atoms with van der Waals surface area (Å²) in [5.41, 5.74) is 0. The van der Waals surface area contributed by atoms with E-state index in [0.29, 0.717) is 12.8 Å². The molecule has 5 heteroatoms. The van der Waals surface area contributed by atoms with Crippen LogP contribution in [0.4, 0.5) is 4.53 Å². The number of halogens is 1. The van der Waals surface area contributed by atoms with Gasteiger partial charge in [0.15, 0.2) is 0 Å². The van der Waals surface area contributed by atoms with Crippen LogP contribution in [-0.2, 0) is 14.5 Å². The van der Waals surface area contributed by atoms with Crippen LogP contribution >= 0.6 is 0 Å². The fraction of sp³-hybridized carbons (Fsp3) is 0.600. The van der Waals surface area contributed by atoms with Gasteiger partial charge in [0, 0.05) is 4.53 Å². The Hall–Kier alpha value is -1.13. The fourth-order valence-corrected chi connectivity index (χ4v) is 0.488. The minimum absolute atomic E-state index is 0.307.